The van der Waals surface area contributed by atoms with E-state index in [1.165, 1.54) is 5.69 Å². The molecular formula is C12H19N3O2. The van der Waals surface area contributed by atoms with Gasteiger partial charge in [0.05, 0.1) is 25.1 Å². The average molecular weight is 237 g/mol. The molecule has 1 fully saturated rings. The molecule has 0 spiro atoms. The second kappa shape index (κ2) is 4.40. The first-order valence-corrected chi connectivity index (χ1v) is 6.26. The highest BCUT2D eigenvalue weighted by atomic mass is 16.5. The van der Waals surface area contributed by atoms with Gasteiger partial charge in [0.15, 0.2) is 0 Å². The molecule has 1 aromatic heterocycles. The molecule has 0 atom stereocenters. The highest BCUT2D eigenvalue weighted by molar-refractivity contribution is 5.17. The Kier molecular flexibility index (Phi) is 2.90. The Hall–Kier alpha value is -0.910. The number of imidazole rings is 1. The van der Waals surface area contributed by atoms with Gasteiger partial charge in [-0.1, -0.05) is 0 Å². The van der Waals surface area contributed by atoms with Gasteiger partial charge in [-0.2, -0.15) is 0 Å². The monoisotopic (exact) mass is 237 g/mol. The zero-order valence-electron chi connectivity index (χ0n) is 10.0. The van der Waals surface area contributed by atoms with Crippen LogP contribution in [0, 0.1) is 0 Å². The van der Waals surface area contributed by atoms with E-state index in [9.17, 15) is 0 Å². The van der Waals surface area contributed by atoms with Crippen LogP contribution in [0.5, 0.6) is 0 Å². The topological polar surface area (TPSA) is 62.3 Å². The Bertz CT molecular complexity index is 396. The summed E-state index contributed by atoms with van der Waals surface area (Å²) >= 11 is 0. The molecule has 0 bridgehead atoms. The number of aromatic nitrogens is 2. The van der Waals surface area contributed by atoms with Crippen molar-refractivity contribution in [2.45, 2.75) is 31.4 Å². The van der Waals surface area contributed by atoms with Gasteiger partial charge < -0.3 is 19.8 Å². The van der Waals surface area contributed by atoms with Crippen LogP contribution in [-0.4, -0.2) is 35.9 Å². The summed E-state index contributed by atoms with van der Waals surface area (Å²) in [6, 6.07) is 0. The van der Waals surface area contributed by atoms with Crippen molar-refractivity contribution < 1.29 is 9.47 Å². The van der Waals surface area contributed by atoms with E-state index < -0.39 is 0 Å². The van der Waals surface area contributed by atoms with Gasteiger partial charge >= 0.3 is 0 Å². The van der Waals surface area contributed by atoms with Gasteiger partial charge in [-0.3, -0.25) is 0 Å². The molecule has 0 aliphatic carbocycles. The molecule has 17 heavy (non-hydrogen) atoms. The third-order valence-corrected chi connectivity index (χ3v) is 3.96. The molecule has 2 aliphatic heterocycles. The van der Waals surface area contributed by atoms with E-state index in [0.717, 1.165) is 45.0 Å². The quantitative estimate of drug-likeness (QED) is 0.809. The summed E-state index contributed by atoms with van der Waals surface area (Å²) in [6.07, 6.45) is 3.88. The Morgan fingerprint density at radius 2 is 2.12 bits per heavy atom. The Balaban J connectivity index is 1.98. The molecule has 0 saturated carbocycles. The van der Waals surface area contributed by atoms with E-state index >= 15 is 0 Å². The van der Waals surface area contributed by atoms with Crippen LogP contribution in [0.3, 0.4) is 0 Å². The minimum atomic E-state index is 0.00778. The van der Waals surface area contributed by atoms with Crippen LogP contribution in [0.2, 0.25) is 0 Å². The second-order valence-corrected chi connectivity index (χ2v) is 4.87. The maximum atomic E-state index is 6.02. The van der Waals surface area contributed by atoms with E-state index in [-0.39, 0.29) is 5.41 Å². The third kappa shape index (κ3) is 1.78. The zero-order valence-corrected chi connectivity index (χ0v) is 10.0. The molecule has 2 aliphatic rings. The molecule has 0 amide bonds. The molecule has 3 rings (SSSR count). The highest BCUT2D eigenvalue weighted by Crippen LogP contribution is 2.34. The predicted molar refractivity (Wildman–Crippen MR) is 62.7 cm³/mol. The van der Waals surface area contributed by atoms with Gasteiger partial charge in [0.25, 0.3) is 0 Å². The molecule has 1 saturated heterocycles. The fourth-order valence-corrected chi connectivity index (χ4v) is 2.81. The zero-order chi connectivity index (χ0) is 11.7. The lowest BCUT2D eigenvalue weighted by Gasteiger charge is -2.36. The lowest BCUT2D eigenvalue weighted by atomic mass is 9.79. The Morgan fingerprint density at radius 1 is 1.29 bits per heavy atom. The Morgan fingerprint density at radius 3 is 2.88 bits per heavy atom. The fraction of sp³-hybridized carbons (Fsp3) is 0.750. The molecule has 0 radical (unpaired) electrons. The summed E-state index contributed by atoms with van der Waals surface area (Å²) in [4.78, 5) is 4.61. The SMILES string of the molecule is NCC1(c2ncc3n2CCOC3)CCOCC1. The maximum absolute atomic E-state index is 6.02. The lowest BCUT2D eigenvalue weighted by molar-refractivity contribution is 0.0441. The van der Waals surface area contributed by atoms with Gasteiger partial charge in [0.1, 0.15) is 5.82 Å². The first-order chi connectivity index (χ1) is 8.36. The number of fused-ring (bicyclic) bond motifs is 1. The van der Waals surface area contributed by atoms with Gasteiger partial charge in [-0.25, -0.2) is 4.98 Å². The van der Waals surface area contributed by atoms with Crippen molar-refractivity contribution in [2.75, 3.05) is 26.4 Å². The van der Waals surface area contributed by atoms with Gasteiger partial charge in [0.2, 0.25) is 0 Å². The second-order valence-electron chi connectivity index (χ2n) is 4.87. The van der Waals surface area contributed by atoms with Crippen LogP contribution in [0.15, 0.2) is 6.20 Å². The number of rotatable bonds is 2. The summed E-state index contributed by atoms with van der Waals surface area (Å²) in [5.74, 6) is 1.14. The number of nitrogens with zero attached hydrogens (tertiary/aromatic N) is 2. The van der Waals surface area contributed by atoms with Crippen molar-refractivity contribution in [3.05, 3.63) is 17.7 Å². The highest BCUT2D eigenvalue weighted by Gasteiger charge is 2.38. The molecule has 2 N–H and O–H groups in total. The van der Waals surface area contributed by atoms with Crippen LogP contribution >= 0.6 is 0 Å². The third-order valence-electron chi connectivity index (χ3n) is 3.96. The van der Waals surface area contributed by atoms with Crippen molar-refractivity contribution in [3.63, 3.8) is 0 Å². The van der Waals surface area contributed by atoms with Crippen LogP contribution in [0.1, 0.15) is 24.4 Å². The van der Waals surface area contributed by atoms with E-state index in [1.54, 1.807) is 0 Å². The first-order valence-electron chi connectivity index (χ1n) is 6.26. The van der Waals surface area contributed by atoms with E-state index in [2.05, 4.69) is 9.55 Å². The van der Waals surface area contributed by atoms with E-state index in [0.29, 0.717) is 13.2 Å². The summed E-state index contributed by atoms with van der Waals surface area (Å²) in [6.45, 7) is 4.56. The van der Waals surface area contributed by atoms with Gasteiger partial charge in [-0.05, 0) is 12.8 Å². The smallest absolute Gasteiger partial charge is 0.116 e. The Labute approximate surface area is 101 Å². The van der Waals surface area contributed by atoms with Crippen LogP contribution in [0.4, 0.5) is 0 Å². The van der Waals surface area contributed by atoms with Gasteiger partial charge in [-0.15, -0.1) is 0 Å². The van der Waals surface area contributed by atoms with Gasteiger partial charge in [0, 0.05) is 31.7 Å². The minimum Gasteiger partial charge on any atom is -0.381 e. The lowest BCUT2D eigenvalue weighted by Crippen LogP contribution is -2.43. The molecule has 0 unspecified atom stereocenters. The number of ether oxygens (including phenoxy) is 2. The van der Waals surface area contributed by atoms with Crippen LogP contribution in [0.25, 0.3) is 0 Å². The van der Waals surface area contributed by atoms with Crippen molar-refractivity contribution in [2.24, 2.45) is 5.73 Å². The van der Waals surface area contributed by atoms with E-state index in [1.807, 2.05) is 6.20 Å². The molecule has 0 aromatic carbocycles. The number of hydrogen-bond donors (Lipinski definition) is 1. The standard InChI is InChI=1S/C12H19N3O2/c13-9-12(1-4-16-5-2-12)11-14-7-10-8-17-6-3-15(10)11/h7H,1-6,8-9,13H2. The first kappa shape index (κ1) is 11.2. The number of hydrogen-bond acceptors (Lipinski definition) is 4. The molecule has 94 valence electrons. The van der Waals surface area contributed by atoms with Crippen LogP contribution in [-0.2, 0) is 28.0 Å². The minimum absolute atomic E-state index is 0.00778. The summed E-state index contributed by atoms with van der Waals surface area (Å²) < 4.78 is 13.2. The van der Waals surface area contributed by atoms with Crippen molar-refractivity contribution >= 4 is 0 Å². The molecular weight excluding hydrogens is 218 g/mol. The maximum Gasteiger partial charge on any atom is 0.116 e. The normalized spacial score (nSPS) is 23.4. The molecule has 5 heteroatoms. The van der Waals surface area contributed by atoms with Crippen molar-refractivity contribution in [3.8, 4) is 0 Å². The predicted octanol–water partition coefficient (Wildman–Crippen LogP) is 0.420. The summed E-state index contributed by atoms with van der Waals surface area (Å²) in [5, 5.41) is 0. The molecule has 3 heterocycles. The van der Waals surface area contributed by atoms with Crippen molar-refractivity contribution in [1.82, 2.24) is 9.55 Å². The largest absolute Gasteiger partial charge is 0.381 e. The van der Waals surface area contributed by atoms with Crippen molar-refractivity contribution in [1.29, 1.82) is 0 Å². The fourth-order valence-electron chi connectivity index (χ4n) is 2.81. The average Bonchev–Trinajstić information content (AvgIpc) is 2.84. The summed E-state index contributed by atoms with van der Waals surface area (Å²) in [5.41, 5.74) is 7.20. The summed E-state index contributed by atoms with van der Waals surface area (Å²) in [7, 11) is 0. The van der Waals surface area contributed by atoms with E-state index in [4.69, 9.17) is 15.2 Å². The molecule has 1 aromatic rings. The van der Waals surface area contributed by atoms with Crippen LogP contribution < -0.4 is 5.73 Å². The number of nitrogens with two attached hydrogens (primary N) is 1. The molecule has 5 nitrogen and oxygen atoms in total.